The van der Waals surface area contributed by atoms with Crippen LogP contribution in [-0.4, -0.2) is 30.6 Å². The van der Waals surface area contributed by atoms with Crippen LogP contribution in [0.25, 0.3) is 0 Å². The van der Waals surface area contributed by atoms with Crippen molar-refractivity contribution in [3.63, 3.8) is 0 Å². The van der Waals surface area contributed by atoms with Gasteiger partial charge in [0.15, 0.2) is 0 Å². The second-order valence-electron chi connectivity index (χ2n) is 4.69. The van der Waals surface area contributed by atoms with Crippen molar-refractivity contribution >= 4 is 17.4 Å². The molecule has 2 rings (SSSR count). The fourth-order valence-corrected chi connectivity index (χ4v) is 3.38. The summed E-state index contributed by atoms with van der Waals surface area (Å²) in [6, 6.07) is 6.59. The van der Waals surface area contributed by atoms with E-state index in [1.807, 2.05) is 0 Å². The molecule has 4 heteroatoms. The van der Waals surface area contributed by atoms with Crippen molar-refractivity contribution in [2.75, 3.05) is 24.3 Å². The van der Waals surface area contributed by atoms with E-state index in [-0.39, 0.29) is 12.6 Å². The van der Waals surface area contributed by atoms with Crippen molar-refractivity contribution in [2.45, 2.75) is 36.7 Å². The van der Waals surface area contributed by atoms with Crippen LogP contribution in [0.2, 0.25) is 0 Å². The summed E-state index contributed by atoms with van der Waals surface area (Å²) in [6.45, 7) is 1.81. The average Bonchev–Trinajstić information content (AvgIpc) is 2.46. The Hall–Kier alpha value is -0.710. The topological polar surface area (TPSA) is 49.5 Å². The minimum Gasteiger partial charge on any atom is -0.394 e. The van der Waals surface area contributed by atoms with Gasteiger partial charge in [0.1, 0.15) is 0 Å². The van der Waals surface area contributed by atoms with Crippen LogP contribution in [-0.2, 0) is 6.54 Å². The molecule has 3 N–H and O–H groups in total. The summed E-state index contributed by atoms with van der Waals surface area (Å²) in [5.74, 6) is 0. The fourth-order valence-electron chi connectivity index (χ4n) is 2.73. The highest BCUT2D eigenvalue weighted by Crippen LogP contribution is 2.32. The first-order valence-corrected chi connectivity index (χ1v) is 7.77. The second-order valence-corrected chi connectivity index (χ2v) is 5.54. The third kappa shape index (κ3) is 2.66. The molecule has 18 heavy (non-hydrogen) atoms. The summed E-state index contributed by atoms with van der Waals surface area (Å²) < 4.78 is 0. The van der Waals surface area contributed by atoms with Gasteiger partial charge in [-0.25, -0.2) is 0 Å². The molecule has 0 aromatic heterocycles. The van der Waals surface area contributed by atoms with Gasteiger partial charge in [-0.3, -0.25) is 0 Å². The molecule has 1 aliphatic rings. The standard InChI is InChI=1S/C14H22N2OS/c1-18-14-7-4-6-13(12(14)9-15)16-8-3-2-5-11(16)10-17/h4,6-7,11,17H,2-3,5,8-10,15H2,1H3. The van der Waals surface area contributed by atoms with E-state index in [1.165, 1.54) is 29.0 Å². The number of rotatable bonds is 4. The van der Waals surface area contributed by atoms with E-state index in [9.17, 15) is 5.11 Å². The highest BCUT2D eigenvalue weighted by Gasteiger charge is 2.24. The van der Waals surface area contributed by atoms with Crippen LogP contribution < -0.4 is 10.6 Å². The Kier molecular flexibility index (Phi) is 4.92. The lowest BCUT2D eigenvalue weighted by molar-refractivity contribution is 0.240. The number of aliphatic hydroxyl groups is 1. The number of hydrogen-bond donors (Lipinski definition) is 2. The maximum Gasteiger partial charge on any atom is 0.0635 e. The van der Waals surface area contributed by atoms with Gasteiger partial charge >= 0.3 is 0 Å². The Balaban J connectivity index is 2.36. The van der Waals surface area contributed by atoms with Crippen LogP contribution in [0.1, 0.15) is 24.8 Å². The first-order valence-electron chi connectivity index (χ1n) is 6.55. The Bertz CT molecular complexity index is 397. The Labute approximate surface area is 113 Å². The first-order chi connectivity index (χ1) is 8.81. The molecule has 1 fully saturated rings. The number of benzene rings is 1. The molecule has 0 spiro atoms. The third-order valence-electron chi connectivity index (χ3n) is 3.68. The van der Waals surface area contributed by atoms with Crippen LogP contribution in [0.15, 0.2) is 23.1 Å². The zero-order chi connectivity index (χ0) is 13.0. The van der Waals surface area contributed by atoms with Gasteiger partial charge in [0, 0.05) is 29.2 Å². The SMILES string of the molecule is CSc1cccc(N2CCCCC2CO)c1CN. The molecule has 0 bridgehead atoms. The number of nitrogens with two attached hydrogens (primary N) is 1. The second kappa shape index (κ2) is 6.45. The number of aliphatic hydroxyl groups excluding tert-OH is 1. The van der Waals surface area contributed by atoms with Gasteiger partial charge in [0.05, 0.1) is 12.6 Å². The summed E-state index contributed by atoms with van der Waals surface area (Å²) in [4.78, 5) is 3.59. The summed E-state index contributed by atoms with van der Waals surface area (Å²) in [6.07, 6.45) is 5.56. The maximum atomic E-state index is 9.53. The van der Waals surface area contributed by atoms with Crippen molar-refractivity contribution in [3.05, 3.63) is 23.8 Å². The molecule has 1 heterocycles. The molecule has 1 atom stereocenters. The van der Waals surface area contributed by atoms with E-state index in [0.29, 0.717) is 6.54 Å². The van der Waals surface area contributed by atoms with Crippen LogP contribution in [0, 0.1) is 0 Å². The average molecular weight is 266 g/mol. The summed E-state index contributed by atoms with van der Waals surface area (Å²) >= 11 is 1.74. The normalized spacial score (nSPS) is 20.2. The fraction of sp³-hybridized carbons (Fsp3) is 0.571. The molecular weight excluding hydrogens is 244 g/mol. The Morgan fingerprint density at radius 3 is 2.94 bits per heavy atom. The molecule has 0 amide bonds. The van der Waals surface area contributed by atoms with E-state index < -0.39 is 0 Å². The monoisotopic (exact) mass is 266 g/mol. The Morgan fingerprint density at radius 1 is 1.44 bits per heavy atom. The number of thioether (sulfide) groups is 1. The molecule has 1 unspecified atom stereocenters. The van der Waals surface area contributed by atoms with Gasteiger partial charge < -0.3 is 15.7 Å². The van der Waals surface area contributed by atoms with Gasteiger partial charge in [-0.15, -0.1) is 11.8 Å². The molecule has 1 aliphatic heterocycles. The molecule has 100 valence electrons. The quantitative estimate of drug-likeness (QED) is 0.821. The predicted octanol–water partition coefficient (Wildman–Crippen LogP) is 2.22. The zero-order valence-electron chi connectivity index (χ0n) is 10.9. The van der Waals surface area contributed by atoms with Crippen LogP contribution in [0.4, 0.5) is 5.69 Å². The molecule has 3 nitrogen and oxygen atoms in total. The largest absolute Gasteiger partial charge is 0.394 e. The van der Waals surface area contributed by atoms with E-state index in [1.54, 1.807) is 11.8 Å². The maximum absolute atomic E-state index is 9.53. The van der Waals surface area contributed by atoms with Crippen molar-refractivity contribution in [1.82, 2.24) is 0 Å². The highest BCUT2D eigenvalue weighted by molar-refractivity contribution is 7.98. The minimum absolute atomic E-state index is 0.230. The van der Waals surface area contributed by atoms with E-state index in [2.05, 4.69) is 29.4 Å². The van der Waals surface area contributed by atoms with E-state index in [4.69, 9.17) is 5.73 Å². The van der Waals surface area contributed by atoms with Gasteiger partial charge in [-0.05, 0) is 37.7 Å². The van der Waals surface area contributed by atoms with Crippen LogP contribution in [0.5, 0.6) is 0 Å². The third-order valence-corrected chi connectivity index (χ3v) is 4.50. The number of anilines is 1. The molecule has 0 aliphatic carbocycles. The molecular formula is C14H22N2OS. The zero-order valence-corrected chi connectivity index (χ0v) is 11.7. The smallest absolute Gasteiger partial charge is 0.0635 e. The van der Waals surface area contributed by atoms with Gasteiger partial charge in [-0.1, -0.05) is 6.07 Å². The first kappa shape index (κ1) is 13.7. The van der Waals surface area contributed by atoms with Crippen molar-refractivity contribution in [2.24, 2.45) is 5.73 Å². The van der Waals surface area contributed by atoms with Gasteiger partial charge in [0.25, 0.3) is 0 Å². The highest BCUT2D eigenvalue weighted by atomic mass is 32.2. The van der Waals surface area contributed by atoms with Gasteiger partial charge in [-0.2, -0.15) is 0 Å². The molecule has 1 aromatic rings. The number of hydrogen-bond acceptors (Lipinski definition) is 4. The number of nitrogens with zero attached hydrogens (tertiary/aromatic N) is 1. The molecule has 0 saturated carbocycles. The lowest BCUT2D eigenvalue weighted by Crippen LogP contribution is -2.42. The molecule has 0 radical (unpaired) electrons. The van der Waals surface area contributed by atoms with Crippen LogP contribution >= 0.6 is 11.8 Å². The van der Waals surface area contributed by atoms with Gasteiger partial charge in [0.2, 0.25) is 0 Å². The molecule has 1 aromatic carbocycles. The number of piperidine rings is 1. The Morgan fingerprint density at radius 2 is 2.28 bits per heavy atom. The summed E-state index contributed by atoms with van der Waals surface area (Å²) in [5, 5.41) is 9.53. The minimum atomic E-state index is 0.230. The predicted molar refractivity (Wildman–Crippen MR) is 78.2 cm³/mol. The van der Waals surface area contributed by atoms with Crippen molar-refractivity contribution in [3.8, 4) is 0 Å². The van der Waals surface area contributed by atoms with E-state index in [0.717, 1.165) is 13.0 Å². The van der Waals surface area contributed by atoms with Crippen LogP contribution in [0.3, 0.4) is 0 Å². The van der Waals surface area contributed by atoms with Crippen molar-refractivity contribution < 1.29 is 5.11 Å². The van der Waals surface area contributed by atoms with Crippen molar-refractivity contribution in [1.29, 1.82) is 0 Å². The summed E-state index contributed by atoms with van der Waals surface area (Å²) in [7, 11) is 0. The summed E-state index contributed by atoms with van der Waals surface area (Å²) in [5.41, 5.74) is 8.34. The lowest BCUT2D eigenvalue weighted by atomic mass is 10.0. The van der Waals surface area contributed by atoms with E-state index >= 15 is 0 Å². The lowest BCUT2D eigenvalue weighted by Gasteiger charge is -2.38. The molecule has 1 saturated heterocycles.